The largest absolute Gasteiger partial charge is 0.508 e. The molecule has 4 nitrogen and oxygen atoms in total. The Morgan fingerprint density at radius 2 is 1.83 bits per heavy atom. The summed E-state index contributed by atoms with van der Waals surface area (Å²) in [5.41, 5.74) is 0.540. The van der Waals surface area contributed by atoms with Crippen molar-refractivity contribution in [1.82, 2.24) is 10.1 Å². The van der Waals surface area contributed by atoms with Crippen LogP contribution in [0.1, 0.15) is 12.2 Å². The lowest BCUT2D eigenvalue weighted by Crippen LogP contribution is -2.09. The molecule has 1 N–H and O–H groups in total. The Morgan fingerprint density at radius 1 is 1.17 bits per heavy atom. The van der Waals surface area contributed by atoms with Gasteiger partial charge in [-0.2, -0.15) is 18.2 Å². The Morgan fingerprint density at radius 3 is 2.44 bits per heavy atom. The molecule has 1 aromatic carbocycles. The molecule has 0 bridgehead atoms. The lowest BCUT2D eigenvalue weighted by Gasteiger charge is -2.01. The molecule has 0 spiro atoms. The molecule has 0 saturated carbocycles. The highest BCUT2D eigenvalue weighted by Crippen LogP contribution is 2.23. The van der Waals surface area contributed by atoms with Gasteiger partial charge in [-0.1, -0.05) is 5.16 Å². The average molecular weight is 258 g/mol. The van der Waals surface area contributed by atoms with Crippen molar-refractivity contribution >= 4 is 0 Å². The SMILES string of the molecule is Oc1ccc(-c2nc(CCC(F)(F)F)no2)cc1. The molecule has 18 heavy (non-hydrogen) atoms. The van der Waals surface area contributed by atoms with Crippen LogP contribution in [0.5, 0.6) is 5.75 Å². The fraction of sp³-hybridized carbons (Fsp3) is 0.273. The number of nitrogens with zero attached hydrogens (tertiary/aromatic N) is 2. The van der Waals surface area contributed by atoms with Crippen LogP contribution in [0.15, 0.2) is 28.8 Å². The van der Waals surface area contributed by atoms with E-state index in [1.54, 1.807) is 0 Å². The number of phenols is 1. The van der Waals surface area contributed by atoms with Crippen molar-refractivity contribution in [3.8, 4) is 17.2 Å². The maximum atomic E-state index is 12.0. The van der Waals surface area contributed by atoms with Gasteiger partial charge in [-0.25, -0.2) is 0 Å². The van der Waals surface area contributed by atoms with Crippen molar-refractivity contribution in [2.24, 2.45) is 0 Å². The first-order valence-corrected chi connectivity index (χ1v) is 5.13. The summed E-state index contributed by atoms with van der Waals surface area (Å²) < 4.78 is 40.9. The van der Waals surface area contributed by atoms with Gasteiger partial charge in [0, 0.05) is 12.0 Å². The van der Waals surface area contributed by atoms with Gasteiger partial charge in [-0.3, -0.25) is 0 Å². The number of hydrogen-bond donors (Lipinski definition) is 1. The summed E-state index contributed by atoms with van der Waals surface area (Å²) in [6.45, 7) is 0. The first kappa shape index (κ1) is 12.4. The summed E-state index contributed by atoms with van der Waals surface area (Å²) in [6.07, 6.45) is -5.54. The van der Waals surface area contributed by atoms with Gasteiger partial charge in [-0.05, 0) is 24.3 Å². The van der Waals surface area contributed by atoms with E-state index in [9.17, 15) is 13.2 Å². The Balaban J connectivity index is 2.08. The number of benzene rings is 1. The fourth-order valence-corrected chi connectivity index (χ4v) is 1.33. The number of aryl methyl sites for hydroxylation is 1. The number of aromatic hydroxyl groups is 1. The number of hydrogen-bond acceptors (Lipinski definition) is 4. The molecule has 0 radical (unpaired) electrons. The van der Waals surface area contributed by atoms with Gasteiger partial charge in [0.1, 0.15) is 5.75 Å². The van der Waals surface area contributed by atoms with Crippen LogP contribution in [0.3, 0.4) is 0 Å². The van der Waals surface area contributed by atoms with Crippen molar-refractivity contribution in [3.05, 3.63) is 30.1 Å². The van der Waals surface area contributed by atoms with Crippen LogP contribution in [-0.4, -0.2) is 21.4 Å². The van der Waals surface area contributed by atoms with Crippen LogP contribution in [-0.2, 0) is 6.42 Å². The Hall–Kier alpha value is -2.05. The van der Waals surface area contributed by atoms with Gasteiger partial charge in [0.15, 0.2) is 5.82 Å². The zero-order valence-corrected chi connectivity index (χ0v) is 9.11. The van der Waals surface area contributed by atoms with Crippen LogP contribution in [0, 0.1) is 0 Å². The number of halogens is 3. The molecular formula is C11H9F3N2O2. The van der Waals surface area contributed by atoms with Crippen molar-refractivity contribution in [3.63, 3.8) is 0 Å². The van der Waals surface area contributed by atoms with Gasteiger partial charge in [-0.15, -0.1) is 0 Å². The van der Waals surface area contributed by atoms with E-state index in [0.717, 1.165) is 0 Å². The van der Waals surface area contributed by atoms with Gasteiger partial charge in [0.25, 0.3) is 5.89 Å². The molecular weight excluding hydrogens is 249 g/mol. The number of aromatic nitrogens is 2. The highest BCUT2D eigenvalue weighted by molar-refractivity contribution is 5.53. The van der Waals surface area contributed by atoms with Gasteiger partial charge < -0.3 is 9.63 Å². The molecule has 0 fully saturated rings. The molecule has 2 aromatic rings. The second kappa shape index (κ2) is 4.67. The first-order chi connectivity index (χ1) is 8.44. The smallest absolute Gasteiger partial charge is 0.389 e. The van der Waals surface area contributed by atoms with E-state index in [0.29, 0.717) is 5.56 Å². The van der Waals surface area contributed by atoms with E-state index in [-0.39, 0.29) is 23.9 Å². The molecule has 0 aliphatic carbocycles. The van der Waals surface area contributed by atoms with Gasteiger partial charge in [0.05, 0.1) is 6.42 Å². The normalized spacial score (nSPS) is 11.7. The zero-order chi connectivity index (χ0) is 13.2. The molecule has 2 rings (SSSR count). The fourth-order valence-electron chi connectivity index (χ4n) is 1.33. The quantitative estimate of drug-likeness (QED) is 0.919. The minimum absolute atomic E-state index is 0.00963. The Labute approximate surface area is 100 Å². The van der Waals surface area contributed by atoms with E-state index in [2.05, 4.69) is 10.1 Å². The van der Waals surface area contributed by atoms with Gasteiger partial charge >= 0.3 is 6.18 Å². The summed E-state index contributed by atoms with van der Waals surface area (Å²) in [5, 5.41) is 12.6. The van der Waals surface area contributed by atoms with Crippen molar-refractivity contribution in [1.29, 1.82) is 0 Å². The van der Waals surface area contributed by atoms with E-state index >= 15 is 0 Å². The van der Waals surface area contributed by atoms with Crippen LogP contribution in [0.25, 0.3) is 11.5 Å². The van der Waals surface area contributed by atoms with Gasteiger partial charge in [0.2, 0.25) is 0 Å². The first-order valence-electron chi connectivity index (χ1n) is 5.13. The topological polar surface area (TPSA) is 59.2 Å². The molecule has 0 aliphatic heterocycles. The van der Waals surface area contributed by atoms with Crippen LogP contribution in [0.2, 0.25) is 0 Å². The van der Waals surface area contributed by atoms with Crippen molar-refractivity contribution in [2.75, 3.05) is 0 Å². The van der Waals surface area contributed by atoms with Crippen molar-refractivity contribution < 1.29 is 22.8 Å². The Kier molecular flexibility index (Phi) is 3.22. The van der Waals surface area contributed by atoms with E-state index < -0.39 is 12.6 Å². The summed E-state index contributed by atoms with van der Waals surface area (Å²) in [5.74, 6) is 0.220. The summed E-state index contributed by atoms with van der Waals surface area (Å²) in [6, 6.07) is 5.93. The van der Waals surface area contributed by atoms with Crippen LogP contribution < -0.4 is 0 Å². The molecule has 0 amide bonds. The third kappa shape index (κ3) is 3.22. The third-order valence-corrected chi connectivity index (χ3v) is 2.21. The number of phenolic OH excluding ortho intramolecular Hbond substituents is 1. The molecule has 96 valence electrons. The van der Waals surface area contributed by atoms with E-state index in [1.165, 1.54) is 24.3 Å². The second-order valence-electron chi connectivity index (χ2n) is 3.68. The van der Waals surface area contributed by atoms with Crippen LogP contribution >= 0.6 is 0 Å². The lowest BCUT2D eigenvalue weighted by atomic mass is 10.2. The van der Waals surface area contributed by atoms with Crippen molar-refractivity contribution in [2.45, 2.75) is 19.0 Å². The van der Waals surface area contributed by atoms with E-state index in [1.807, 2.05) is 0 Å². The molecule has 0 saturated heterocycles. The number of rotatable bonds is 3. The second-order valence-corrected chi connectivity index (χ2v) is 3.68. The van der Waals surface area contributed by atoms with Crippen LogP contribution in [0.4, 0.5) is 13.2 Å². The lowest BCUT2D eigenvalue weighted by molar-refractivity contribution is -0.134. The average Bonchev–Trinajstić information content (AvgIpc) is 2.75. The minimum Gasteiger partial charge on any atom is -0.508 e. The third-order valence-electron chi connectivity index (χ3n) is 2.21. The monoisotopic (exact) mass is 258 g/mol. The minimum atomic E-state index is -4.24. The molecule has 0 unspecified atom stereocenters. The summed E-state index contributed by atoms with van der Waals surface area (Å²) in [4.78, 5) is 3.85. The summed E-state index contributed by atoms with van der Waals surface area (Å²) >= 11 is 0. The highest BCUT2D eigenvalue weighted by atomic mass is 19.4. The maximum absolute atomic E-state index is 12.0. The standard InChI is InChI=1S/C11H9F3N2O2/c12-11(13,14)6-5-9-15-10(18-16-9)7-1-3-8(17)4-2-7/h1-4,17H,5-6H2. The molecule has 0 atom stereocenters. The van der Waals surface area contributed by atoms with E-state index in [4.69, 9.17) is 9.63 Å². The molecule has 7 heteroatoms. The predicted molar refractivity (Wildman–Crippen MR) is 55.8 cm³/mol. The zero-order valence-electron chi connectivity index (χ0n) is 9.11. The predicted octanol–water partition coefficient (Wildman–Crippen LogP) is 2.94. The summed E-state index contributed by atoms with van der Waals surface area (Å²) in [7, 11) is 0. The molecule has 1 aromatic heterocycles. The Bertz CT molecular complexity index is 520. The molecule has 0 aliphatic rings. The maximum Gasteiger partial charge on any atom is 0.389 e. The highest BCUT2D eigenvalue weighted by Gasteiger charge is 2.27. The number of alkyl halides is 3. The molecule has 1 heterocycles.